The highest BCUT2D eigenvalue weighted by Crippen LogP contribution is 2.24. The molecule has 0 spiro atoms. The Morgan fingerprint density at radius 3 is 2.80 bits per heavy atom. The lowest BCUT2D eigenvalue weighted by molar-refractivity contribution is -0.140. The van der Waals surface area contributed by atoms with Gasteiger partial charge in [0.1, 0.15) is 11.6 Å². The van der Waals surface area contributed by atoms with Crippen LogP contribution in [0.5, 0.6) is 0 Å². The molecule has 7 heteroatoms. The summed E-state index contributed by atoms with van der Waals surface area (Å²) in [6.45, 7) is 2.40. The predicted octanol–water partition coefficient (Wildman–Crippen LogP) is 2.86. The summed E-state index contributed by atoms with van der Waals surface area (Å²) in [5.41, 5.74) is 0.987. The number of anilines is 1. The fourth-order valence-corrected chi connectivity index (χ4v) is 3.16. The van der Waals surface area contributed by atoms with Gasteiger partial charge in [0.25, 0.3) is 0 Å². The molecule has 2 heterocycles. The molecule has 1 aromatic carbocycles. The third kappa shape index (κ3) is 3.50. The maximum Gasteiger partial charge on any atom is 0.371 e. The minimum atomic E-state index is -1.14. The number of piperidine rings is 1. The van der Waals surface area contributed by atoms with Gasteiger partial charge in [-0.05, 0) is 43.5 Å². The second kappa shape index (κ2) is 6.96. The van der Waals surface area contributed by atoms with Crippen molar-refractivity contribution in [3.8, 4) is 0 Å². The van der Waals surface area contributed by atoms with Crippen molar-refractivity contribution >= 4 is 34.4 Å². The lowest BCUT2D eigenvalue weighted by Gasteiger charge is -2.34. The largest absolute Gasteiger partial charge is 0.475 e. The van der Waals surface area contributed by atoms with Gasteiger partial charge < -0.3 is 19.7 Å². The monoisotopic (exact) mass is 344 g/mol. The molecule has 1 aliphatic heterocycles. The van der Waals surface area contributed by atoms with Gasteiger partial charge in [0.05, 0.1) is 0 Å². The molecule has 1 unspecified atom stereocenters. The van der Waals surface area contributed by atoms with Crippen molar-refractivity contribution in [1.29, 1.82) is 0 Å². The van der Waals surface area contributed by atoms with Crippen molar-refractivity contribution in [2.24, 2.45) is 0 Å². The zero-order chi connectivity index (χ0) is 18.0. The molecule has 0 aliphatic carbocycles. The number of benzene rings is 1. The maximum absolute atomic E-state index is 12.6. The van der Waals surface area contributed by atoms with Gasteiger partial charge in [0.15, 0.2) is 0 Å². The number of carboxylic acid groups (broad SMARTS) is 1. The van der Waals surface area contributed by atoms with Gasteiger partial charge in [-0.25, -0.2) is 4.79 Å². The first-order valence-corrected chi connectivity index (χ1v) is 8.37. The summed E-state index contributed by atoms with van der Waals surface area (Å²) in [6.07, 6.45) is 2.85. The van der Waals surface area contributed by atoms with Crippen LogP contribution in [0.3, 0.4) is 0 Å². The van der Waals surface area contributed by atoms with E-state index in [-0.39, 0.29) is 17.6 Å². The normalized spacial score (nSPS) is 17.5. The van der Waals surface area contributed by atoms with Crippen molar-refractivity contribution < 1.29 is 23.9 Å². The lowest BCUT2D eigenvalue weighted by atomic mass is 10.0. The molecule has 3 rings (SSSR count). The number of rotatable bonds is 4. The second-order valence-electron chi connectivity index (χ2n) is 6.11. The van der Waals surface area contributed by atoms with E-state index in [0.29, 0.717) is 36.0 Å². The maximum atomic E-state index is 12.6. The third-order valence-electron chi connectivity index (χ3n) is 4.42. The van der Waals surface area contributed by atoms with E-state index >= 15 is 0 Å². The van der Waals surface area contributed by atoms with Gasteiger partial charge in [-0.1, -0.05) is 6.92 Å². The van der Waals surface area contributed by atoms with Crippen LogP contribution in [0.25, 0.3) is 11.0 Å². The Morgan fingerprint density at radius 2 is 2.08 bits per heavy atom. The van der Waals surface area contributed by atoms with E-state index in [2.05, 4.69) is 5.32 Å². The Bertz CT molecular complexity index is 826. The van der Waals surface area contributed by atoms with Crippen LogP contribution in [0.1, 0.15) is 43.2 Å². The molecule has 25 heavy (non-hydrogen) atoms. The van der Waals surface area contributed by atoms with Gasteiger partial charge in [0, 0.05) is 24.0 Å². The first-order chi connectivity index (χ1) is 12.0. The number of nitrogens with zero attached hydrogens (tertiary/aromatic N) is 1. The van der Waals surface area contributed by atoms with Crippen LogP contribution in [0.15, 0.2) is 28.7 Å². The topological polar surface area (TPSA) is 99.9 Å². The van der Waals surface area contributed by atoms with Crippen molar-refractivity contribution in [3.63, 3.8) is 0 Å². The fraction of sp³-hybridized carbons (Fsp3) is 0.389. The van der Waals surface area contributed by atoms with E-state index < -0.39 is 12.0 Å². The minimum Gasteiger partial charge on any atom is -0.475 e. The zero-order valence-electron chi connectivity index (χ0n) is 13.9. The summed E-state index contributed by atoms with van der Waals surface area (Å²) in [7, 11) is 0. The number of carbonyl (C=O) groups excluding carboxylic acids is 2. The highest BCUT2D eigenvalue weighted by atomic mass is 16.4. The van der Waals surface area contributed by atoms with Gasteiger partial charge in [-0.2, -0.15) is 0 Å². The summed E-state index contributed by atoms with van der Waals surface area (Å²) < 4.78 is 5.20. The quantitative estimate of drug-likeness (QED) is 0.888. The van der Waals surface area contributed by atoms with Crippen molar-refractivity contribution in [2.45, 2.75) is 38.6 Å². The third-order valence-corrected chi connectivity index (χ3v) is 4.42. The second-order valence-corrected chi connectivity index (χ2v) is 6.11. The number of nitrogens with one attached hydrogen (secondary N) is 1. The van der Waals surface area contributed by atoms with Crippen molar-refractivity contribution in [1.82, 2.24) is 4.90 Å². The highest BCUT2D eigenvalue weighted by molar-refractivity contribution is 5.99. The lowest BCUT2D eigenvalue weighted by Crippen LogP contribution is -2.49. The van der Waals surface area contributed by atoms with E-state index in [1.165, 1.54) is 6.07 Å². The highest BCUT2D eigenvalue weighted by Gasteiger charge is 2.31. The average Bonchev–Trinajstić information content (AvgIpc) is 3.04. The van der Waals surface area contributed by atoms with Gasteiger partial charge in [0.2, 0.25) is 17.6 Å². The number of furan rings is 1. The Hall–Kier alpha value is -2.83. The molecule has 1 fully saturated rings. The molecular formula is C18H20N2O5. The summed E-state index contributed by atoms with van der Waals surface area (Å²) in [5, 5.41) is 12.4. The molecule has 0 radical (unpaired) electrons. The van der Waals surface area contributed by atoms with Crippen LogP contribution in [0.2, 0.25) is 0 Å². The van der Waals surface area contributed by atoms with Crippen molar-refractivity contribution in [2.75, 3.05) is 11.9 Å². The van der Waals surface area contributed by atoms with Crippen molar-refractivity contribution in [3.05, 3.63) is 30.0 Å². The van der Waals surface area contributed by atoms with Crippen LogP contribution in [-0.4, -0.2) is 40.4 Å². The smallest absolute Gasteiger partial charge is 0.371 e. The number of fused-ring (bicyclic) bond motifs is 1. The SMILES string of the molecule is CCC(=O)N1CCCCC1C(=O)Nc1ccc2oc(C(=O)O)cc2c1. The van der Waals surface area contributed by atoms with E-state index in [1.54, 1.807) is 30.0 Å². The van der Waals surface area contributed by atoms with E-state index in [0.717, 1.165) is 12.8 Å². The van der Waals surface area contributed by atoms with Gasteiger partial charge in [-0.3, -0.25) is 9.59 Å². The zero-order valence-corrected chi connectivity index (χ0v) is 13.9. The fourth-order valence-electron chi connectivity index (χ4n) is 3.16. The molecule has 132 valence electrons. The van der Waals surface area contributed by atoms with Crippen LogP contribution >= 0.6 is 0 Å². The Kier molecular flexibility index (Phi) is 4.74. The number of hydrogen-bond donors (Lipinski definition) is 2. The molecule has 0 bridgehead atoms. The minimum absolute atomic E-state index is 0.0174. The Balaban J connectivity index is 1.78. The summed E-state index contributed by atoms with van der Waals surface area (Å²) >= 11 is 0. The Morgan fingerprint density at radius 1 is 1.28 bits per heavy atom. The molecule has 1 aromatic heterocycles. The van der Waals surface area contributed by atoms with Crippen LogP contribution in [0, 0.1) is 0 Å². The number of aromatic carboxylic acids is 1. The molecule has 2 amide bonds. The average molecular weight is 344 g/mol. The standard InChI is InChI=1S/C18H20N2O5/c1-2-16(21)20-8-4-3-5-13(20)17(22)19-12-6-7-14-11(9-12)10-15(25-14)18(23)24/h6-7,9-10,13H,2-5,8H2,1H3,(H,19,22)(H,23,24). The number of amides is 2. The molecular weight excluding hydrogens is 324 g/mol. The molecule has 2 aromatic rings. The molecule has 7 nitrogen and oxygen atoms in total. The number of likely N-dealkylation sites (tertiary alicyclic amines) is 1. The molecule has 1 aliphatic rings. The number of hydrogen-bond acceptors (Lipinski definition) is 4. The molecule has 1 atom stereocenters. The summed E-state index contributed by atoms with van der Waals surface area (Å²) in [5.74, 6) is -1.53. The molecule has 0 saturated carbocycles. The predicted molar refractivity (Wildman–Crippen MR) is 91.4 cm³/mol. The van der Waals surface area contributed by atoms with Gasteiger partial charge >= 0.3 is 5.97 Å². The first kappa shape index (κ1) is 17.0. The van der Waals surface area contributed by atoms with E-state index in [4.69, 9.17) is 9.52 Å². The Labute approximate surface area is 144 Å². The van der Waals surface area contributed by atoms with Crippen LogP contribution < -0.4 is 5.32 Å². The van der Waals surface area contributed by atoms with E-state index in [9.17, 15) is 14.4 Å². The number of carbonyl (C=O) groups is 3. The van der Waals surface area contributed by atoms with Gasteiger partial charge in [-0.15, -0.1) is 0 Å². The molecule has 2 N–H and O–H groups in total. The first-order valence-electron chi connectivity index (χ1n) is 8.37. The number of carboxylic acids is 1. The van der Waals surface area contributed by atoms with Crippen LogP contribution in [0.4, 0.5) is 5.69 Å². The van der Waals surface area contributed by atoms with E-state index in [1.807, 2.05) is 0 Å². The molecule has 1 saturated heterocycles. The summed E-state index contributed by atoms with van der Waals surface area (Å²) in [6, 6.07) is 5.90. The summed E-state index contributed by atoms with van der Waals surface area (Å²) in [4.78, 5) is 37.3. The van der Waals surface area contributed by atoms with Crippen LogP contribution in [-0.2, 0) is 9.59 Å².